The van der Waals surface area contributed by atoms with E-state index < -0.39 is 5.97 Å². The van der Waals surface area contributed by atoms with Crippen molar-refractivity contribution in [3.63, 3.8) is 0 Å². The summed E-state index contributed by atoms with van der Waals surface area (Å²) in [4.78, 5) is 20.2. The Balaban J connectivity index is 1.88. The van der Waals surface area contributed by atoms with Crippen molar-refractivity contribution >= 4 is 34.3 Å². The Hall–Kier alpha value is -3.19. The number of ether oxygens (including phenoxy) is 1. The Labute approximate surface area is 151 Å². The second kappa shape index (κ2) is 8.26. The van der Waals surface area contributed by atoms with E-state index in [1.165, 1.54) is 6.07 Å². The van der Waals surface area contributed by atoms with Gasteiger partial charge in [-0.2, -0.15) is 4.98 Å². The largest absolute Gasteiger partial charge is 0.478 e. The number of carbonyl (C=O) groups is 1. The van der Waals surface area contributed by atoms with Crippen LogP contribution in [0.4, 0.5) is 17.5 Å². The Bertz CT molecular complexity index is 914. The van der Waals surface area contributed by atoms with Crippen LogP contribution >= 0.6 is 0 Å². The number of rotatable bonds is 8. The number of nitrogens with zero attached hydrogens (tertiary/aromatic N) is 2. The molecule has 3 N–H and O–H groups in total. The van der Waals surface area contributed by atoms with E-state index in [2.05, 4.69) is 20.6 Å². The number of nitrogens with one attached hydrogen (secondary N) is 2. The van der Waals surface area contributed by atoms with Gasteiger partial charge in [0, 0.05) is 31.3 Å². The first-order valence-corrected chi connectivity index (χ1v) is 8.27. The van der Waals surface area contributed by atoms with Crippen molar-refractivity contribution < 1.29 is 14.6 Å². The summed E-state index contributed by atoms with van der Waals surface area (Å²) in [5.41, 5.74) is 1.62. The van der Waals surface area contributed by atoms with E-state index in [-0.39, 0.29) is 5.56 Å². The summed E-state index contributed by atoms with van der Waals surface area (Å²) >= 11 is 0. The summed E-state index contributed by atoms with van der Waals surface area (Å²) in [6.07, 6.45) is 0.859. The molecule has 0 aliphatic rings. The van der Waals surface area contributed by atoms with Crippen molar-refractivity contribution in [2.75, 3.05) is 30.9 Å². The number of aromatic nitrogens is 2. The Morgan fingerprint density at radius 1 is 1.15 bits per heavy atom. The molecule has 0 fully saturated rings. The van der Waals surface area contributed by atoms with Gasteiger partial charge in [-0.1, -0.05) is 18.2 Å². The van der Waals surface area contributed by atoms with Crippen LogP contribution in [0.5, 0.6) is 0 Å². The molecule has 134 valence electrons. The minimum atomic E-state index is -0.978. The van der Waals surface area contributed by atoms with E-state index in [1.54, 1.807) is 25.3 Å². The fraction of sp³-hybridized carbons (Fsp3) is 0.211. The number of hydrogen-bond donors (Lipinski definition) is 3. The molecule has 26 heavy (non-hydrogen) atoms. The number of para-hydroxylation sites is 1. The number of methoxy groups -OCH3 is 1. The number of aromatic carboxylic acids is 1. The van der Waals surface area contributed by atoms with Gasteiger partial charge in [0.1, 0.15) is 5.82 Å². The Morgan fingerprint density at radius 2 is 2.00 bits per heavy atom. The van der Waals surface area contributed by atoms with E-state index in [1.807, 2.05) is 24.3 Å². The second-order valence-corrected chi connectivity index (χ2v) is 5.70. The predicted molar refractivity (Wildman–Crippen MR) is 101 cm³/mol. The molecule has 0 saturated carbocycles. The average molecular weight is 352 g/mol. The first kappa shape index (κ1) is 17.6. The minimum Gasteiger partial charge on any atom is -0.478 e. The van der Waals surface area contributed by atoms with E-state index in [0.717, 1.165) is 29.7 Å². The van der Waals surface area contributed by atoms with Crippen LogP contribution in [-0.4, -0.2) is 41.3 Å². The van der Waals surface area contributed by atoms with Crippen LogP contribution in [-0.2, 0) is 4.74 Å². The van der Waals surface area contributed by atoms with Gasteiger partial charge in [-0.05, 0) is 36.8 Å². The zero-order valence-electron chi connectivity index (χ0n) is 14.4. The topological polar surface area (TPSA) is 96.4 Å². The van der Waals surface area contributed by atoms with Gasteiger partial charge >= 0.3 is 5.97 Å². The number of carboxylic acids is 1. The van der Waals surface area contributed by atoms with Crippen molar-refractivity contribution in [3.05, 3.63) is 54.1 Å². The molecular weight excluding hydrogens is 332 g/mol. The third-order valence-electron chi connectivity index (χ3n) is 3.79. The highest BCUT2D eigenvalue weighted by molar-refractivity contribution is 5.91. The Morgan fingerprint density at radius 3 is 2.81 bits per heavy atom. The second-order valence-electron chi connectivity index (χ2n) is 5.70. The van der Waals surface area contributed by atoms with Gasteiger partial charge in [0.25, 0.3) is 0 Å². The van der Waals surface area contributed by atoms with Gasteiger partial charge in [0.05, 0.1) is 11.1 Å². The highest BCUT2D eigenvalue weighted by Gasteiger charge is 2.09. The molecule has 0 saturated heterocycles. The summed E-state index contributed by atoms with van der Waals surface area (Å²) in [5.74, 6) is 0.151. The van der Waals surface area contributed by atoms with E-state index in [9.17, 15) is 4.79 Å². The van der Waals surface area contributed by atoms with Crippen molar-refractivity contribution in [3.8, 4) is 0 Å². The molecule has 0 aliphatic carbocycles. The summed E-state index contributed by atoms with van der Waals surface area (Å²) < 4.78 is 5.07. The van der Waals surface area contributed by atoms with Gasteiger partial charge in [-0.3, -0.25) is 0 Å². The number of anilines is 3. The molecule has 0 amide bonds. The van der Waals surface area contributed by atoms with Crippen LogP contribution in [0.3, 0.4) is 0 Å². The molecule has 0 unspecified atom stereocenters. The highest BCUT2D eigenvalue weighted by Crippen LogP contribution is 2.24. The molecule has 1 aromatic heterocycles. The van der Waals surface area contributed by atoms with Gasteiger partial charge in [0.2, 0.25) is 5.95 Å². The summed E-state index contributed by atoms with van der Waals surface area (Å²) in [6.45, 7) is 1.39. The summed E-state index contributed by atoms with van der Waals surface area (Å²) in [6, 6.07) is 14.3. The van der Waals surface area contributed by atoms with Crippen molar-refractivity contribution in [1.29, 1.82) is 0 Å². The maximum Gasteiger partial charge on any atom is 0.335 e. The van der Waals surface area contributed by atoms with E-state index >= 15 is 0 Å². The van der Waals surface area contributed by atoms with Crippen LogP contribution in [0.25, 0.3) is 10.9 Å². The fourth-order valence-corrected chi connectivity index (χ4v) is 2.55. The highest BCUT2D eigenvalue weighted by atomic mass is 16.5. The lowest BCUT2D eigenvalue weighted by Gasteiger charge is -2.12. The quantitative estimate of drug-likeness (QED) is 0.534. The summed E-state index contributed by atoms with van der Waals surface area (Å²) in [5, 5.41) is 16.4. The van der Waals surface area contributed by atoms with Crippen molar-refractivity contribution in [1.82, 2.24) is 9.97 Å². The molecule has 2 aromatic carbocycles. The molecule has 7 heteroatoms. The maximum absolute atomic E-state index is 11.1. The maximum atomic E-state index is 11.1. The first-order chi connectivity index (χ1) is 12.7. The molecule has 3 aromatic rings. The predicted octanol–water partition coefficient (Wildman–Crippen LogP) is 3.52. The lowest BCUT2D eigenvalue weighted by molar-refractivity contribution is 0.0697. The monoisotopic (exact) mass is 352 g/mol. The average Bonchev–Trinajstić information content (AvgIpc) is 2.65. The van der Waals surface area contributed by atoms with Gasteiger partial charge in [-0.25, -0.2) is 9.78 Å². The number of carboxylic acid groups (broad SMARTS) is 1. The molecule has 0 spiro atoms. The molecular formula is C19H20N4O3. The molecule has 0 radical (unpaired) electrons. The lowest BCUT2D eigenvalue weighted by Crippen LogP contribution is -2.08. The number of benzene rings is 2. The van der Waals surface area contributed by atoms with Crippen LogP contribution in [0.15, 0.2) is 48.5 Å². The van der Waals surface area contributed by atoms with E-state index in [4.69, 9.17) is 9.84 Å². The van der Waals surface area contributed by atoms with Gasteiger partial charge in [-0.15, -0.1) is 0 Å². The van der Waals surface area contributed by atoms with Crippen molar-refractivity contribution in [2.24, 2.45) is 0 Å². The van der Waals surface area contributed by atoms with Crippen LogP contribution in [0, 0.1) is 0 Å². The van der Waals surface area contributed by atoms with Crippen LogP contribution < -0.4 is 10.6 Å². The van der Waals surface area contributed by atoms with Crippen LogP contribution in [0.2, 0.25) is 0 Å². The lowest BCUT2D eigenvalue weighted by atomic mass is 10.2. The number of hydrogen-bond acceptors (Lipinski definition) is 6. The van der Waals surface area contributed by atoms with Gasteiger partial charge < -0.3 is 20.5 Å². The van der Waals surface area contributed by atoms with E-state index in [0.29, 0.717) is 18.2 Å². The van der Waals surface area contributed by atoms with Crippen LogP contribution in [0.1, 0.15) is 16.8 Å². The first-order valence-electron chi connectivity index (χ1n) is 8.27. The summed E-state index contributed by atoms with van der Waals surface area (Å²) in [7, 11) is 1.67. The molecule has 1 heterocycles. The molecule has 3 rings (SSSR count). The van der Waals surface area contributed by atoms with Crippen molar-refractivity contribution in [2.45, 2.75) is 6.42 Å². The molecule has 0 bridgehead atoms. The Kier molecular flexibility index (Phi) is 5.60. The zero-order chi connectivity index (χ0) is 18.4. The smallest absolute Gasteiger partial charge is 0.335 e. The third kappa shape index (κ3) is 4.25. The zero-order valence-corrected chi connectivity index (χ0v) is 14.4. The molecule has 0 atom stereocenters. The number of fused-ring (bicyclic) bond motifs is 1. The molecule has 0 aliphatic heterocycles. The standard InChI is InChI=1S/C19H20N4O3/c1-26-11-5-10-20-17-15-8-2-3-9-16(15)22-19(23-17)21-14-7-4-6-13(12-14)18(24)25/h2-4,6-9,12H,5,10-11H2,1H3,(H,24,25)(H2,20,21,22,23). The normalized spacial score (nSPS) is 10.7. The van der Waals surface area contributed by atoms with Gasteiger partial charge in [0.15, 0.2) is 0 Å². The third-order valence-corrected chi connectivity index (χ3v) is 3.79. The SMILES string of the molecule is COCCCNc1nc(Nc2cccc(C(=O)O)c2)nc2ccccc12. The molecule has 7 nitrogen and oxygen atoms in total. The minimum absolute atomic E-state index is 0.203. The fourth-order valence-electron chi connectivity index (χ4n) is 2.55.